The Balaban J connectivity index is 2.28. The van der Waals surface area contributed by atoms with Crippen LogP contribution >= 0.6 is 11.6 Å². The molecule has 1 aromatic rings. The molecular weight excluding hydrogens is 214 g/mol. The fourth-order valence-corrected chi connectivity index (χ4v) is 1.28. The average molecular weight is 230 g/mol. The van der Waals surface area contributed by atoms with E-state index in [0.717, 1.165) is 6.42 Å². The summed E-state index contributed by atoms with van der Waals surface area (Å²) in [6.07, 6.45) is 4.65. The summed E-state index contributed by atoms with van der Waals surface area (Å²) in [6, 6.07) is 0.235. The first-order valence-corrected chi connectivity index (χ1v) is 5.47. The molecule has 0 saturated heterocycles. The molecule has 0 saturated carbocycles. The van der Waals surface area contributed by atoms with Crippen LogP contribution in [0.15, 0.2) is 12.4 Å². The van der Waals surface area contributed by atoms with Crippen LogP contribution in [0, 0.1) is 0 Å². The second-order valence-corrected chi connectivity index (χ2v) is 3.98. The van der Waals surface area contributed by atoms with E-state index in [1.165, 1.54) is 0 Å². The smallest absolute Gasteiger partial charge is 0.222 e. The third kappa shape index (κ3) is 4.34. The van der Waals surface area contributed by atoms with E-state index < -0.39 is 0 Å². The van der Waals surface area contributed by atoms with Crippen molar-refractivity contribution in [1.82, 2.24) is 15.1 Å². The van der Waals surface area contributed by atoms with Crippen molar-refractivity contribution in [3.63, 3.8) is 0 Å². The number of aromatic nitrogens is 2. The molecular formula is C10H16ClN3O. The molecule has 0 spiro atoms. The summed E-state index contributed by atoms with van der Waals surface area (Å²) < 4.78 is 1.67. The Kier molecular flexibility index (Phi) is 4.62. The number of hydrogen-bond acceptors (Lipinski definition) is 2. The van der Waals surface area contributed by atoms with Gasteiger partial charge in [0.1, 0.15) is 0 Å². The molecule has 15 heavy (non-hydrogen) atoms. The first kappa shape index (κ1) is 12.0. The van der Waals surface area contributed by atoms with Gasteiger partial charge in [-0.05, 0) is 13.3 Å². The fraction of sp³-hybridized carbons (Fsp3) is 0.600. The molecule has 0 fully saturated rings. The number of amides is 1. The molecule has 4 nitrogen and oxygen atoms in total. The van der Waals surface area contributed by atoms with E-state index in [1.807, 2.05) is 13.8 Å². The number of aryl methyl sites for hydroxylation is 1. The average Bonchev–Trinajstić information content (AvgIpc) is 2.61. The summed E-state index contributed by atoms with van der Waals surface area (Å²) >= 11 is 5.70. The Morgan fingerprint density at radius 2 is 2.47 bits per heavy atom. The lowest BCUT2D eigenvalue weighted by atomic mass is 10.2. The van der Waals surface area contributed by atoms with Crippen molar-refractivity contribution in [2.24, 2.45) is 0 Å². The lowest BCUT2D eigenvalue weighted by molar-refractivity contribution is -0.121. The molecule has 0 aliphatic heterocycles. The third-order valence-corrected chi connectivity index (χ3v) is 2.38. The van der Waals surface area contributed by atoms with Gasteiger partial charge in [-0.15, -0.1) is 0 Å². The number of hydrogen-bond donors (Lipinski definition) is 1. The Hall–Kier alpha value is -1.03. The number of rotatable bonds is 5. The van der Waals surface area contributed by atoms with Crippen molar-refractivity contribution in [3.8, 4) is 0 Å². The van der Waals surface area contributed by atoms with Gasteiger partial charge in [-0.3, -0.25) is 9.48 Å². The lowest BCUT2D eigenvalue weighted by Crippen LogP contribution is -2.32. The molecule has 84 valence electrons. The normalized spacial score (nSPS) is 12.5. The zero-order valence-electron chi connectivity index (χ0n) is 9.03. The molecule has 1 unspecified atom stereocenters. The number of halogens is 1. The molecule has 1 heterocycles. The van der Waals surface area contributed by atoms with E-state index in [0.29, 0.717) is 18.0 Å². The monoisotopic (exact) mass is 229 g/mol. The largest absolute Gasteiger partial charge is 0.354 e. The van der Waals surface area contributed by atoms with Gasteiger partial charge >= 0.3 is 0 Å². The summed E-state index contributed by atoms with van der Waals surface area (Å²) in [4.78, 5) is 11.4. The van der Waals surface area contributed by atoms with Gasteiger partial charge in [0, 0.05) is 25.2 Å². The molecule has 0 bridgehead atoms. The maximum absolute atomic E-state index is 11.4. The molecule has 0 aliphatic carbocycles. The standard InChI is InChI=1S/C10H16ClN3O/c1-3-8(2)13-10(15)4-5-14-7-9(11)6-12-14/h6-8H,3-5H2,1-2H3,(H,13,15). The molecule has 1 N–H and O–H groups in total. The molecule has 1 amide bonds. The number of nitrogens with one attached hydrogen (secondary N) is 1. The quantitative estimate of drug-likeness (QED) is 0.838. The van der Waals surface area contributed by atoms with Crippen LogP contribution in [-0.2, 0) is 11.3 Å². The van der Waals surface area contributed by atoms with E-state index in [4.69, 9.17) is 11.6 Å². The Morgan fingerprint density at radius 3 is 3.00 bits per heavy atom. The van der Waals surface area contributed by atoms with Crippen molar-refractivity contribution in [2.75, 3.05) is 0 Å². The van der Waals surface area contributed by atoms with Crippen molar-refractivity contribution in [3.05, 3.63) is 17.4 Å². The van der Waals surface area contributed by atoms with Crippen LogP contribution in [0.1, 0.15) is 26.7 Å². The van der Waals surface area contributed by atoms with Crippen LogP contribution in [0.3, 0.4) is 0 Å². The third-order valence-electron chi connectivity index (χ3n) is 2.19. The SMILES string of the molecule is CCC(C)NC(=O)CCn1cc(Cl)cn1. The van der Waals surface area contributed by atoms with Crippen LogP contribution < -0.4 is 5.32 Å². The van der Waals surface area contributed by atoms with Gasteiger partial charge in [-0.1, -0.05) is 18.5 Å². The molecule has 0 aromatic carbocycles. The summed E-state index contributed by atoms with van der Waals surface area (Å²) in [5.74, 6) is 0.0518. The van der Waals surface area contributed by atoms with E-state index in [1.54, 1.807) is 17.1 Å². The van der Waals surface area contributed by atoms with E-state index in [-0.39, 0.29) is 11.9 Å². The van der Waals surface area contributed by atoms with Gasteiger partial charge in [0.25, 0.3) is 0 Å². The van der Waals surface area contributed by atoms with Crippen LogP contribution in [0.25, 0.3) is 0 Å². The Morgan fingerprint density at radius 1 is 1.73 bits per heavy atom. The first-order chi connectivity index (χ1) is 7.11. The van der Waals surface area contributed by atoms with Gasteiger partial charge in [-0.2, -0.15) is 5.10 Å². The minimum atomic E-state index is 0.0518. The number of carbonyl (C=O) groups is 1. The van der Waals surface area contributed by atoms with Crippen molar-refractivity contribution >= 4 is 17.5 Å². The first-order valence-electron chi connectivity index (χ1n) is 5.09. The van der Waals surface area contributed by atoms with Gasteiger partial charge in [0.15, 0.2) is 0 Å². The number of nitrogens with zero attached hydrogens (tertiary/aromatic N) is 2. The fourth-order valence-electron chi connectivity index (χ4n) is 1.13. The Labute approximate surface area is 94.6 Å². The molecule has 5 heteroatoms. The van der Waals surface area contributed by atoms with Crippen molar-refractivity contribution in [1.29, 1.82) is 0 Å². The van der Waals surface area contributed by atoms with E-state index in [2.05, 4.69) is 10.4 Å². The van der Waals surface area contributed by atoms with Crippen molar-refractivity contribution < 1.29 is 4.79 Å². The van der Waals surface area contributed by atoms with Crippen LogP contribution in [0.2, 0.25) is 5.02 Å². The molecule has 1 rings (SSSR count). The lowest BCUT2D eigenvalue weighted by Gasteiger charge is -2.10. The minimum absolute atomic E-state index is 0.0518. The Bertz CT molecular complexity index is 324. The van der Waals surface area contributed by atoms with Crippen LogP contribution in [0.5, 0.6) is 0 Å². The highest BCUT2D eigenvalue weighted by Crippen LogP contribution is 2.04. The van der Waals surface area contributed by atoms with Gasteiger partial charge < -0.3 is 5.32 Å². The molecule has 1 atom stereocenters. The highest BCUT2D eigenvalue weighted by molar-refractivity contribution is 6.30. The topological polar surface area (TPSA) is 46.9 Å². The second kappa shape index (κ2) is 5.75. The molecule has 0 aliphatic rings. The second-order valence-electron chi connectivity index (χ2n) is 3.55. The van der Waals surface area contributed by atoms with Crippen molar-refractivity contribution in [2.45, 2.75) is 39.3 Å². The molecule has 1 aromatic heterocycles. The zero-order chi connectivity index (χ0) is 11.3. The highest BCUT2D eigenvalue weighted by atomic mass is 35.5. The summed E-state index contributed by atoms with van der Waals surface area (Å²) in [6.45, 7) is 4.59. The number of carbonyl (C=O) groups excluding carboxylic acids is 1. The minimum Gasteiger partial charge on any atom is -0.354 e. The van der Waals surface area contributed by atoms with Gasteiger partial charge in [-0.25, -0.2) is 0 Å². The van der Waals surface area contributed by atoms with Crippen LogP contribution in [0.4, 0.5) is 0 Å². The maximum atomic E-state index is 11.4. The summed E-state index contributed by atoms with van der Waals surface area (Å²) in [7, 11) is 0. The van der Waals surface area contributed by atoms with Crippen LogP contribution in [-0.4, -0.2) is 21.7 Å². The predicted molar refractivity (Wildman–Crippen MR) is 59.7 cm³/mol. The summed E-state index contributed by atoms with van der Waals surface area (Å²) in [5, 5.41) is 7.48. The highest BCUT2D eigenvalue weighted by Gasteiger charge is 2.05. The summed E-state index contributed by atoms with van der Waals surface area (Å²) in [5.41, 5.74) is 0. The molecule has 0 radical (unpaired) electrons. The van der Waals surface area contributed by atoms with E-state index in [9.17, 15) is 4.79 Å². The maximum Gasteiger partial charge on any atom is 0.222 e. The zero-order valence-corrected chi connectivity index (χ0v) is 9.79. The van der Waals surface area contributed by atoms with Gasteiger partial charge in [0.05, 0.1) is 11.2 Å². The van der Waals surface area contributed by atoms with Gasteiger partial charge in [0.2, 0.25) is 5.91 Å². The van der Waals surface area contributed by atoms with E-state index >= 15 is 0 Å². The predicted octanol–water partition coefficient (Wildman–Crippen LogP) is 1.84.